The van der Waals surface area contributed by atoms with Gasteiger partial charge >= 0.3 is 0 Å². The van der Waals surface area contributed by atoms with E-state index in [4.69, 9.17) is 4.74 Å². The van der Waals surface area contributed by atoms with Crippen LogP contribution in [-0.2, 0) is 11.8 Å². The summed E-state index contributed by atoms with van der Waals surface area (Å²) in [5, 5.41) is 13.1. The molecule has 0 heterocycles. The lowest BCUT2D eigenvalue weighted by atomic mass is 9.85. The van der Waals surface area contributed by atoms with Gasteiger partial charge in [0.1, 0.15) is 0 Å². The van der Waals surface area contributed by atoms with Gasteiger partial charge in [0, 0.05) is 0 Å². The molecule has 96 valence electrons. The fourth-order valence-corrected chi connectivity index (χ4v) is 1.79. The van der Waals surface area contributed by atoms with Crippen molar-refractivity contribution < 1.29 is 9.84 Å². The summed E-state index contributed by atoms with van der Waals surface area (Å²) >= 11 is 0. The van der Waals surface area contributed by atoms with Crippen LogP contribution in [0.2, 0.25) is 0 Å². The van der Waals surface area contributed by atoms with Crippen molar-refractivity contribution in [3.63, 3.8) is 0 Å². The average Bonchev–Trinajstić information content (AvgIpc) is 2.24. The summed E-state index contributed by atoms with van der Waals surface area (Å²) in [4.78, 5) is 0. The third kappa shape index (κ3) is 3.37. The van der Waals surface area contributed by atoms with Crippen molar-refractivity contribution in [2.24, 2.45) is 0 Å². The van der Waals surface area contributed by atoms with Crippen molar-refractivity contribution in [2.75, 3.05) is 20.7 Å². The molecule has 3 heteroatoms. The number of hydrogen-bond acceptors (Lipinski definition) is 3. The lowest BCUT2D eigenvalue weighted by Gasteiger charge is -2.22. The third-order valence-corrected chi connectivity index (χ3v) is 2.86. The van der Waals surface area contributed by atoms with Crippen LogP contribution in [0.15, 0.2) is 12.1 Å². The van der Waals surface area contributed by atoms with Gasteiger partial charge in [-0.1, -0.05) is 26.8 Å². The molecule has 0 bridgehead atoms. The van der Waals surface area contributed by atoms with Gasteiger partial charge in [-0.05, 0) is 42.6 Å². The van der Waals surface area contributed by atoms with E-state index in [1.165, 1.54) is 0 Å². The molecule has 2 N–H and O–H groups in total. The number of nitrogens with one attached hydrogen (secondary N) is 1. The van der Waals surface area contributed by atoms with Crippen LogP contribution >= 0.6 is 0 Å². The quantitative estimate of drug-likeness (QED) is 0.845. The van der Waals surface area contributed by atoms with Crippen molar-refractivity contribution in [1.82, 2.24) is 5.32 Å². The molecule has 0 atom stereocenters. The summed E-state index contributed by atoms with van der Waals surface area (Å²) in [7, 11) is 3.51. The van der Waals surface area contributed by atoms with Crippen LogP contribution in [0.4, 0.5) is 0 Å². The number of ether oxygens (including phenoxy) is 1. The molecule has 17 heavy (non-hydrogen) atoms. The maximum Gasteiger partial charge on any atom is 0.163 e. The van der Waals surface area contributed by atoms with Crippen molar-refractivity contribution in [3.8, 4) is 11.5 Å². The zero-order valence-corrected chi connectivity index (χ0v) is 11.4. The summed E-state index contributed by atoms with van der Waals surface area (Å²) in [6.07, 6.45) is 0.844. The van der Waals surface area contributed by atoms with Crippen LogP contribution < -0.4 is 10.1 Å². The molecule has 0 aliphatic heterocycles. The summed E-state index contributed by atoms with van der Waals surface area (Å²) in [5.41, 5.74) is 2.20. The Kier molecular flexibility index (Phi) is 4.40. The van der Waals surface area contributed by atoms with E-state index in [-0.39, 0.29) is 11.2 Å². The Morgan fingerprint density at radius 3 is 2.41 bits per heavy atom. The van der Waals surface area contributed by atoms with Gasteiger partial charge in [0.2, 0.25) is 0 Å². The second-order valence-electron chi connectivity index (χ2n) is 5.29. The Hall–Kier alpha value is -1.22. The Bertz CT molecular complexity index is 381. The molecule has 0 unspecified atom stereocenters. The highest BCUT2D eigenvalue weighted by molar-refractivity contribution is 5.50. The first-order chi connectivity index (χ1) is 7.90. The maximum absolute atomic E-state index is 9.99. The number of methoxy groups -OCH3 is 1. The second kappa shape index (κ2) is 5.41. The van der Waals surface area contributed by atoms with Gasteiger partial charge in [-0.2, -0.15) is 0 Å². The minimum absolute atomic E-state index is 0.0259. The van der Waals surface area contributed by atoms with Gasteiger partial charge in [-0.3, -0.25) is 0 Å². The smallest absolute Gasteiger partial charge is 0.163 e. The minimum atomic E-state index is 0.0259. The minimum Gasteiger partial charge on any atom is -0.504 e. The number of likely N-dealkylation sites (N-methyl/N-ethyl adjacent to an activating group) is 1. The number of benzene rings is 1. The number of phenolic OH excluding ortho intramolecular Hbond substituents is 1. The highest BCUT2D eigenvalue weighted by atomic mass is 16.5. The molecule has 0 aliphatic carbocycles. The van der Waals surface area contributed by atoms with E-state index >= 15 is 0 Å². The molecule has 0 saturated carbocycles. The molecule has 0 fully saturated rings. The fraction of sp³-hybridized carbons (Fsp3) is 0.571. The van der Waals surface area contributed by atoms with Gasteiger partial charge < -0.3 is 15.2 Å². The Labute approximate surface area is 104 Å². The molecular formula is C14H23NO2. The monoisotopic (exact) mass is 237 g/mol. The van der Waals surface area contributed by atoms with Crippen LogP contribution in [0.25, 0.3) is 0 Å². The first-order valence-corrected chi connectivity index (χ1v) is 5.95. The predicted octanol–water partition coefficient (Wildman–Crippen LogP) is 2.46. The van der Waals surface area contributed by atoms with E-state index in [0.29, 0.717) is 5.75 Å². The van der Waals surface area contributed by atoms with Crippen molar-refractivity contribution in [3.05, 3.63) is 23.3 Å². The molecule has 0 aromatic heterocycles. The summed E-state index contributed by atoms with van der Waals surface area (Å²) in [6.45, 7) is 7.27. The van der Waals surface area contributed by atoms with Gasteiger partial charge in [0.05, 0.1) is 7.11 Å². The highest BCUT2D eigenvalue weighted by Crippen LogP contribution is 2.36. The number of aromatic hydroxyl groups is 1. The lowest BCUT2D eigenvalue weighted by Crippen LogP contribution is -2.14. The normalized spacial score (nSPS) is 11.6. The van der Waals surface area contributed by atoms with Gasteiger partial charge in [-0.15, -0.1) is 0 Å². The van der Waals surface area contributed by atoms with Gasteiger partial charge in [-0.25, -0.2) is 0 Å². The maximum atomic E-state index is 9.99. The Morgan fingerprint density at radius 1 is 1.29 bits per heavy atom. The Balaban J connectivity index is 3.19. The first-order valence-electron chi connectivity index (χ1n) is 5.95. The van der Waals surface area contributed by atoms with E-state index in [1.54, 1.807) is 13.2 Å². The van der Waals surface area contributed by atoms with E-state index in [0.717, 1.165) is 24.1 Å². The summed E-state index contributed by atoms with van der Waals surface area (Å²) in [6, 6.07) is 3.91. The molecule has 3 nitrogen and oxygen atoms in total. The van der Waals surface area contributed by atoms with E-state index in [1.807, 2.05) is 7.05 Å². The molecule has 0 saturated heterocycles. The standard InChI is InChI=1S/C14H23NO2/c1-14(2,3)11-8-10(6-7-15-4)13(17-5)12(16)9-11/h8-9,15-16H,6-7H2,1-5H3. The summed E-state index contributed by atoms with van der Waals surface area (Å²) < 4.78 is 5.26. The van der Waals surface area contributed by atoms with Gasteiger partial charge in [0.25, 0.3) is 0 Å². The number of rotatable bonds is 4. The van der Waals surface area contributed by atoms with E-state index in [2.05, 4.69) is 32.2 Å². The van der Waals surface area contributed by atoms with Gasteiger partial charge in [0.15, 0.2) is 11.5 Å². The molecule has 1 aromatic carbocycles. The van der Waals surface area contributed by atoms with E-state index < -0.39 is 0 Å². The van der Waals surface area contributed by atoms with E-state index in [9.17, 15) is 5.11 Å². The highest BCUT2D eigenvalue weighted by Gasteiger charge is 2.18. The van der Waals surface area contributed by atoms with Crippen LogP contribution in [0.1, 0.15) is 31.9 Å². The lowest BCUT2D eigenvalue weighted by molar-refractivity contribution is 0.367. The zero-order chi connectivity index (χ0) is 13.1. The topological polar surface area (TPSA) is 41.5 Å². The molecular weight excluding hydrogens is 214 g/mol. The SMILES string of the molecule is CNCCc1cc(C(C)(C)C)cc(O)c1OC. The number of hydrogen-bond donors (Lipinski definition) is 2. The van der Waals surface area contributed by atoms with Crippen molar-refractivity contribution in [2.45, 2.75) is 32.6 Å². The largest absolute Gasteiger partial charge is 0.504 e. The average molecular weight is 237 g/mol. The Morgan fingerprint density at radius 2 is 1.94 bits per heavy atom. The zero-order valence-electron chi connectivity index (χ0n) is 11.4. The fourth-order valence-electron chi connectivity index (χ4n) is 1.79. The number of phenols is 1. The molecule has 0 spiro atoms. The second-order valence-corrected chi connectivity index (χ2v) is 5.29. The molecule has 0 aliphatic rings. The third-order valence-electron chi connectivity index (χ3n) is 2.86. The van der Waals surface area contributed by atoms with Crippen LogP contribution in [0, 0.1) is 0 Å². The van der Waals surface area contributed by atoms with Crippen LogP contribution in [0.3, 0.4) is 0 Å². The molecule has 0 amide bonds. The van der Waals surface area contributed by atoms with Crippen molar-refractivity contribution >= 4 is 0 Å². The first kappa shape index (κ1) is 13.8. The molecule has 0 radical (unpaired) electrons. The molecule has 1 rings (SSSR count). The molecule has 1 aromatic rings. The summed E-state index contributed by atoms with van der Waals surface area (Å²) in [5.74, 6) is 0.819. The van der Waals surface area contributed by atoms with Crippen molar-refractivity contribution in [1.29, 1.82) is 0 Å². The predicted molar refractivity (Wildman–Crippen MR) is 71.0 cm³/mol. The van der Waals surface area contributed by atoms with Crippen LogP contribution in [0.5, 0.6) is 11.5 Å². The van der Waals surface area contributed by atoms with Crippen LogP contribution in [-0.4, -0.2) is 25.8 Å².